The van der Waals surface area contributed by atoms with Gasteiger partial charge in [0, 0.05) is 25.9 Å². The van der Waals surface area contributed by atoms with Crippen LogP contribution in [0.1, 0.15) is 51.2 Å². The topological polar surface area (TPSA) is 163 Å². The zero-order valence-electron chi connectivity index (χ0n) is 15.5. The second-order valence-electron chi connectivity index (χ2n) is 5.58. The fourth-order valence-electron chi connectivity index (χ4n) is 2.79. The average Bonchev–Trinajstić information content (AvgIpc) is 3.21. The molecule has 2 aromatic heterocycles. The molecule has 2 aromatic rings. The second kappa shape index (κ2) is 9.61. The first kappa shape index (κ1) is 20.3. The predicted octanol–water partition coefficient (Wildman–Crippen LogP) is 1.05. The van der Waals surface area contributed by atoms with E-state index in [0.29, 0.717) is 43.9 Å². The molecule has 0 radical (unpaired) electrons. The summed E-state index contributed by atoms with van der Waals surface area (Å²) in [6, 6.07) is 0.679. The quantitative estimate of drug-likeness (QED) is 0.391. The van der Waals surface area contributed by atoms with Crippen LogP contribution < -0.4 is 11.5 Å². The lowest BCUT2D eigenvalue weighted by Crippen LogP contribution is -2.45. The molecule has 12 heteroatoms. The fourth-order valence-corrected chi connectivity index (χ4v) is 5.42. The van der Waals surface area contributed by atoms with Gasteiger partial charge in [-0.2, -0.15) is 20.2 Å². The SMILES string of the molecule is CCO[Si](CCCC(c1n[nH]c(N)n1)c1n[nH]c(N)n1)(OCC)OCC. The Labute approximate surface area is 153 Å². The number of hydrogen-bond donors (Lipinski definition) is 4. The minimum atomic E-state index is -2.70. The van der Waals surface area contributed by atoms with Crippen molar-refractivity contribution in [1.29, 1.82) is 0 Å². The standard InChI is InChI=1S/C14H28N8O3Si/c1-4-23-26(24-5-2,25-6-3)9-7-8-10(11-17-13(15)21-19-11)12-18-14(16)22-20-12/h10H,4-9H2,1-3H3,(H3,15,17,19,21)(H3,16,18,20,22). The van der Waals surface area contributed by atoms with Crippen molar-refractivity contribution in [2.75, 3.05) is 31.3 Å². The van der Waals surface area contributed by atoms with Crippen LogP contribution in [0.15, 0.2) is 0 Å². The van der Waals surface area contributed by atoms with Gasteiger partial charge in [-0.05, 0) is 33.6 Å². The van der Waals surface area contributed by atoms with Gasteiger partial charge in [0.1, 0.15) is 0 Å². The molecule has 0 atom stereocenters. The van der Waals surface area contributed by atoms with Crippen LogP contribution in [0.5, 0.6) is 0 Å². The number of nitrogens with zero attached hydrogens (tertiary/aromatic N) is 4. The predicted molar refractivity (Wildman–Crippen MR) is 98.1 cm³/mol. The van der Waals surface area contributed by atoms with Gasteiger partial charge in [-0.3, -0.25) is 0 Å². The van der Waals surface area contributed by atoms with Crippen LogP contribution in [-0.4, -0.2) is 59.0 Å². The number of anilines is 2. The van der Waals surface area contributed by atoms with E-state index in [9.17, 15) is 0 Å². The number of H-pyrrole nitrogens is 2. The monoisotopic (exact) mass is 384 g/mol. The normalized spacial score (nSPS) is 12.2. The number of rotatable bonds is 12. The highest BCUT2D eigenvalue weighted by Gasteiger charge is 2.40. The fraction of sp³-hybridized carbons (Fsp3) is 0.714. The number of nitrogens with one attached hydrogen (secondary N) is 2. The van der Waals surface area contributed by atoms with Crippen molar-refractivity contribution in [3.63, 3.8) is 0 Å². The Hall–Kier alpha value is -2.02. The third kappa shape index (κ3) is 5.24. The Morgan fingerprint density at radius 3 is 1.69 bits per heavy atom. The van der Waals surface area contributed by atoms with Gasteiger partial charge in [0.05, 0.1) is 5.92 Å². The summed E-state index contributed by atoms with van der Waals surface area (Å²) in [7, 11) is -2.70. The maximum atomic E-state index is 5.89. The molecule has 2 rings (SSSR count). The Morgan fingerprint density at radius 1 is 0.885 bits per heavy atom. The number of nitrogens with two attached hydrogens (primary N) is 2. The van der Waals surface area contributed by atoms with Crippen LogP contribution in [0.4, 0.5) is 11.9 Å². The largest absolute Gasteiger partial charge is 0.500 e. The first-order chi connectivity index (χ1) is 12.5. The molecule has 0 aromatic carbocycles. The molecule has 2 heterocycles. The highest BCUT2D eigenvalue weighted by Crippen LogP contribution is 2.28. The van der Waals surface area contributed by atoms with E-state index in [-0.39, 0.29) is 17.8 Å². The van der Waals surface area contributed by atoms with Crippen LogP contribution in [0.2, 0.25) is 6.04 Å². The first-order valence-electron chi connectivity index (χ1n) is 8.81. The van der Waals surface area contributed by atoms with Crippen molar-refractivity contribution in [1.82, 2.24) is 30.4 Å². The molecule has 0 bridgehead atoms. The molecule has 0 fully saturated rings. The van der Waals surface area contributed by atoms with Crippen molar-refractivity contribution in [3.8, 4) is 0 Å². The molecule has 0 spiro atoms. The van der Waals surface area contributed by atoms with E-state index in [2.05, 4.69) is 30.4 Å². The van der Waals surface area contributed by atoms with E-state index in [1.165, 1.54) is 0 Å². The third-order valence-electron chi connectivity index (χ3n) is 3.73. The molecule has 0 aliphatic heterocycles. The maximum absolute atomic E-state index is 5.89. The van der Waals surface area contributed by atoms with E-state index in [0.717, 1.165) is 6.42 Å². The summed E-state index contributed by atoms with van der Waals surface area (Å²) < 4.78 is 17.7. The van der Waals surface area contributed by atoms with E-state index < -0.39 is 8.80 Å². The lowest BCUT2D eigenvalue weighted by Gasteiger charge is -2.28. The zero-order valence-corrected chi connectivity index (χ0v) is 16.5. The molecule has 6 N–H and O–H groups in total. The highest BCUT2D eigenvalue weighted by molar-refractivity contribution is 6.60. The van der Waals surface area contributed by atoms with Gasteiger partial charge in [-0.25, -0.2) is 10.2 Å². The van der Waals surface area contributed by atoms with Crippen LogP contribution in [-0.2, 0) is 13.3 Å². The van der Waals surface area contributed by atoms with Gasteiger partial charge in [-0.15, -0.1) is 0 Å². The molecule has 0 saturated heterocycles. The van der Waals surface area contributed by atoms with Crippen molar-refractivity contribution in [2.45, 2.75) is 45.6 Å². The molecule has 0 aliphatic rings. The van der Waals surface area contributed by atoms with E-state index in [1.807, 2.05) is 20.8 Å². The van der Waals surface area contributed by atoms with E-state index in [4.69, 9.17) is 24.7 Å². The van der Waals surface area contributed by atoms with Gasteiger partial charge in [-0.1, -0.05) is 0 Å². The molecular weight excluding hydrogens is 356 g/mol. The Balaban J connectivity index is 2.10. The minimum Gasteiger partial charge on any atom is -0.374 e. The summed E-state index contributed by atoms with van der Waals surface area (Å²) in [4.78, 5) is 8.43. The number of aromatic nitrogens is 6. The van der Waals surface area contributed by atoms with Gasteiger partial charge < -0.3 is 24.7 Å². The molecule has 0 amide bonds. The van der Waals surface area contributed by atoms with Crippen LogP contribution in [0.25, 0.3) is 0 Å². The molecule has 146 valence electrons. The third-order valence-corrected chi connectivity index (χ3v) is 6.88. The van der Waals surface area contributed by atoms with Gasteiger partial charge in [0.15, 0.2) is 11.6 Å². The van der Waals surface area contributed by atoms with Crippen molar-refractivity contribution >= 4 is 20.7 Å². The molecule has 11 nitrogen and oxygen atoms in total. The van der Waals surface area contributed by atoms with Crippen molar-refractivity contribution in [2.24, 2.45) is 0 Å². The summed E-state index contributed by atoms with van der Waals surface area (Å²) in [5.41, 5.74) is 11.3. The Kier molecular flexibility index (Phi) is 7.50. The number of aromatic amines is 2. The van der Waals surface area contributed by atoms with Gasteiger partial charge in [0.25, 0.3) is 0 Å². The van der Waals surface area contributed by atoms with Crippen LogP contribution in [0.3, 0.4) is 0 Å². The number of nitrogen functional groups attached to an aromatic ring is 2. The summed E-state index contributed by atoms with van der Waals surface area (Å²) in [6.07, 6.45) is 1.44. The average molecular weight is 385 g/mol. The molecule has 0 saturated carbocycles. The maximum Gasteiger partial charge on any atom is 0.500 e. The lowest BCUT2D eigenvalue weighted by molar-refractivity contribution is 0.0706. The summed E-state index contributed by atoms with van der Waals surface area (Å²) >= 11 is 0. The summed E-state index contributed by atoms with van der Waals surface area (Å²) in [5.74, 6) is 1.30. The molecular formula is C14H28N8O3Si. The molecule has 0 unspecified atom stereocenters. The lowest BCUT2D eigenvalue weighted by atomic mass is 10.0. The Bertz CT molecular complexity index is 607. The number of hydrogen-bond acceptors (Lipinski definition) is 9. The van der Waals surface area contributed by atoms with Gasteiger partial charge in [0.2, 0.25) is 11.9 Å². The van der Waals surface area contributed by atoms with Crippen LogP contribution in [0, 0.1) is 0 Å². The highest BCUT2D eigenvalue weighted by atomic mass is 28.4. The van der Waals surface area contributed by atoms with Gasteiger partial charge >= 0.3 is 8.80 Å². The molecule has 0 aliphatic carbocycles. The smallest absolute Gasteiger partial charge is 0.374 e. The van der Waals surface area contributed by atoms with Crippen LogP contribution >= 0.6 is 0 Å². The summed E-state index contributed by atoms with van der Waals surface area (Å²) in [6.45, 7) is 7.46. The second-order valence-corrected chi connectivity index (χ2v) is 8.32. The van der Waals surface area contributed by atoms with Crippen molar-refractivity contribution in [3.05, 3.63) is 11.6 Å². The van der Waals surface area contributed by atoms with E-state index in [1.54, 1.807) is 0 Å². The zero-order chi connectivity index (χ0) is 19.0. The van der Waals surface area contributed by atoms with Crippen molar-refractivity contribution < 1.29 is 13.3 Å². The van der Waals surface area contributed by atoms with E-state index >= 15 is 0 Å². The Morgan fingerprint density at radius 2 is 1.35 bits per heavy atom. The first-order valence-corrected chi connectivity index (χ1v) is 10.7. The summed E-state index contributed by atoms with van der Waals surface area (Å²) in [5, 5.41) is 13.6. The minimum absolute atomic E-state index is 0.242. The molecule has 26 heavy (non-hydrogen) atoms.